The van der Waals surface area contributed by atoms with E-state index in [4.69, 9.17) is 16.7 Å². The van der Waals surface area contributed by atoms with Crippen molar-refractivity contribution in [1.82, 2.24) is 0 Å². The first-order chi connectivity index (χ1) is 6.91. The zero-order chi connectivity index (χ0) is 11.6. The smallest absolute Gasteiger partial charge is 0.307 e. The number of aliphatic carboxylic acids is 1. The Kier molecular flexibility index (Phi) is 3.26. The standard InChI is InChI=1S/C9H8ClNO4/c1-5-2-6(4-8(12)13)9(10)7(3-5)11(14)15/h2-3H,4H2,1H3,(H,12,13). The average Bonchev–Trinajstić information content (AvgIpc) is 2.09. The number of carbonyl (C=O) groups is 1. The number of nitro benzene ring substituents is 1. The molecule has 1 aromatic rings. The van der Waals surface area contributed by atoms with Crippen LogP contribution in [0.3, 0.4) is 0 Å². The highest BCUT2D eigenvalue weighted by Gasteiger charge is 2.18. The Morgan fingerprint density at radius 2 is 2.20 bits per heavy atom. The summed E-state index contributed by atoms with van der Waals surface area (Å²) < 4.78 is 0. The van der Waals surface area contributed by atoms with Crippen LogP contribution in [-0.4, -0.2) is 16.0 Å². The summed E-state index contributed by atoms with van der Waals surface area (Å²) in [5, 5.41) is 19.1. The zero-order valence-corrected chi connectivity index (χ0v) is 8.61. The van der Waals surface area contributed by atoms with E-state index in [2.05, 4.69) is 0 Å². The van der Waals surface area contributed by atoms with Gasteiger partial charge in [-0.3, -0.25) is 14.9 Å². The van der Waals surface area contributed by atoms with Gasteiger partial charge in [-0.1, -0.05) is 17.7 Å². The molecule has 0 aliphatic heterocycles. The van der Waals surface area contributed by atoms with Gasteiger partial charge >= 0.3 is 5.97 Å². The van der Waals surface area contributed by atoms with E-state index < -0.39 is 10.9 Å². The number of hydrogen-bond acceptors (Lipinski definition) is 3. The van der Waals surface area contributed by atoms with E-state index in [0.717, 1.165) is 0 Å². The highest BCUT2D eigenvalue weighted by molar-refractivity contribution is 6.33. The van der Waals surface area contributed by atoms with Crippen LogP contribution in [0.25, 0.3) is 0 Å². The van der Waals surface area contributed by atoms with Crippen LogP contribution in [0, 0.1) is 17.0 Å². The molecule has 0 amide bonds. The summed E-state index contributed by atoms with van der Waals surface area (Å²) >= 11 is 5.71. The largest absolute Gasteiger partial charge is 0.481 e. The summed E-state index contributed by atoms with van der Waals surface area (Å²) in [6.07, 6.45) is -0.318. The molecular formula is C9H8ClNO4. The molecule has 0 bridgehead atoms. The fourth-order valence-corrected chi connectivity index (χ4v) is 1.49. The number of halogens is 1. The fourth-order valence-electron chi connectivity index (χ4n) is 1.25. The van der Waals surface area contributed by atoms with Gasteiger partial charge in [-0.15, -0.1) is 0 Å². The molecule has 80 valence electrons. The third kappa shape index (κ3) is 2.66. The number of nitrogens with zero attached hydrogens (tertiary/aromatic N) is 1. The SMILES string of the molecule is Cc1cc(CC(=O)O)c(Cl)c([N+](=O)[O-])c1. The van der Waals surface area contributed by atoms with Crippen LogP contribution in [0.4, 0.5) is 5.69 Å². The molecular weight excluding hydrogens is 222 g/mol. The number of carboxylic acids is 1. The molecule has 0 radical (unpaired) electrons. The molecule has 0 spiro atoms. The lowest BCUT2D eigenvalue weighted by Crippen LogP contribution is -2.03. The van der Waals surface area contributed by atoms with Crippen molar-refractivity contribution in [2.45, 2.75) is 13.3 Å². The second kappa shape index (κ2) is 4.27. The van der Waals surface area contributed by atoms with Crippen molar-refractivity contribution in [3.8, 4) is 0 Å². The van der Waals surface area contributed by atoms with Crippen molar-refractivity contribution in [2.75, 3.05) is 0 Å². The van der Waals surface area contributed by atoms with E-state index in [1.807, 2.05) is 0 Å². The van der Waals surface area contributed by atoms with E-state index in [9.17, 15) is 14.9 Å². The highest BCUT2D eigenvalue weighted by Crippen LogP contribution is 2.29. The van der Waals surface area contributed by atoms with Gasteiger partial charge in [0.15, 0.2) is 0 Å². The Hall–Kier alpha value is -1.62. The van der Waals surface area contributed by atoms with Gasteiger partial charge in [0.05, 0.1) is 11.3 Å². The van der Waals surface area contributed by atoms with E-state index >= 15 is 0 Å². The van der Waals surface area contributed by atoms with Gasteiger partial charge in [0, 0.05) is 6.07 Å². The fraction of sp³-hybridized carbons (Fsp3) is 0.222. The molecule has 1 N–H and O–H groups in total. The molecule has 0 aliphatic carbocycles. The predicted octanol–water partition coefficient (Wildman–Crippen LogP) is 2.18. The van der Waals surface area contributed by atoms with Crippen LogP contribution in [-0.2, 0) is 11.2 Å². The Balaban J connectivity index is 3.28. The number of benzene rings is 1. The molecule has 0 aromatic heterocycles. The van der Waals surface area contributed by atoms with E-state index in [1.165, 1.54) is 12.1 Å². The monoisotopic (exact) mass is 229 g/mol. The maximum Gasteiger partial charge on any atom is 0.307 e. The van der Waals surface area contributed by atoms with Gasteiger partial charge in [-0.2, -0.15) is 0 Å². The number of rotatable bonds is 3. The normalized spacial score (nSPS) is 10.0. The van der Waals surface area contributed by atoms with Gasteiger partial charge < -0.3 is 5.11 Å². The first-order valence-corrected chi connectivity index (χ1v) is 4.45. The van der Waals surface area contributed by atoms with Crippen molar-refractivity contribution >= 4 is 23.3 Å². The summed E-state index contributed by atoms with van der Waals surface area (Å²) in [6, 6.07) is 2.84. The van der Waals surface area contributed by atoms with E-state index in [1.54, 1.807) is 6.92 Å². The highest BCUT2D eigenvalue weighted by atomic mass is 35.5. The third-order valence-electron chi connectivity index (χ3n) is 1.81. The van der Waals surface area contributed by atoms with Crippen molar-refractivity contribution < 1.29 is 14.8 Å². The Labute approximate surface area is 90.4 Å². The Bertz CT molecular complexity index is 430. The number of carboxylic acid groups (broad SMARTS) is 1. The molecule has 1 aromatic carbocycles. The van der Waals surface area contributed by atoms with Crippen LogP contribution >= 0.6 is 11.6 Å². The zero-order valence-electron chi connectivity index (χ0n) is 7.86. The molecule has 0 fully saturated rings. The quantitative estimate of drug-likeness (QED) is 0.636. The van der Waals surface area contributed by atoms with Crippen LogP contribution < -0.4 is 0 Å². The molecule has 0 unspecified atom stereocenters. The van der Waals surface area contributed by atoms with Gasteiger partial charge in [0.1, 0.15) is 5.02 Å². The first-order valence-electron chi connectivity index (χ1n) is 4.07. The Morgan fingerprint density at radius 1 is 1.60 bits per heavy atom. The molecule has 5 nitrogen and oxygen atoms in total. The molecule has 0 aliphatic rings. The molecule has 0 saturated heterocycles. The lowest BCUT2D eigenvalue weighted by atomic mass is 10.1. The maximum absolute atomic E-state index is 10.6. The first kappa shape index (κ1) is 11.5. The minimum atomic E-state index is -1.07. The van der Waals surface area contributed by atoms with Gasteiger partial charge in [-0.05, 0) is 18.1 Å². The van der Waals surface area contributed by atoms with Crippen LogP contribution in [0.2, 0.25) is 5.02 Å². The van der Waals surface area contributed by atoms with Crippen molar-refractivity contribution in [3.05, 3.63) is 38.4 Å². The number of aryl methyl sites for hydroxylation is 1. The number of nitro groups is 1. The molecule has 1 rings (SSSR count). The van der Waals surface area contributed by atoms with Crippen LogP contribution in [0.5, 0.6) is 0 Å². The maximum atomic E-state index is 10.6. The average molecular weight is 230 g/mol. The van der Waals surface area contributed by atoms with Gasteiger partial charge in [-0.25, -0.2) is 0 Å². The van der Waals surface area contributed by atoms with E-state index in [-0.39, 0.29) is 22.7 Å². The van der Waals surface area contributed by atoms with Crippen molar-refractivity contribution in [3.63, 3.8) is 0 Å². The van der Waals surface area contributed by atoms with Crippen molar-refractivity contribution in [1.29, 1.82) is 0 Å². The minimum Gasteiger partial charge on any atom is -0.481 e. The topological polar surface area (TPSA) is 80.4 Å². The third-order valence-corrected chi connectivity index (χ3v) is 2.25. The molecule has 0 atom stereocenters. The van der Waals surface area contributed by atoms with E-state index in [0.29, 0.717) is 5.56 Å². The Morgan fingerprint density at radius 3 is 2.67 bits per heavy atom. The molecule has 6 heteroatoms. The van der Waals surface area contributed by atoms with Gasteiger partial charge in [0.2, 0.25) is 0 Å². The summed E-state index contributed by atoms with van der Waals surface area (Å²) in [5.74, 6) is -1.07. The predicted molar refractivity (Wildman–Crippen MR) is 54.2 cm³/mol. The van der Waals surface area contributed by atoms with Crippen LogP contribution in [0.15, 0.2) is 12.1 Å². The summed E-state index contributed by atoms with van der Waals surface area (Å²) in [4.78, 5) is 20.4. The summed E-state index contributed by atoms with van der Waals surface area (Å²) in [5.41, 5.74) is 0.617. The van der Waals surface area contributed by atoms with Gasteiger partial charge in [0.25, 0.3) is 5.69 Å². The summed E-state index contributed by atoms with van der Waals surface area (Å²) in [6.45, 7) is 1.65. The summed E-state index contributed by atoms with van der Waals surface area (Å²) in [7, 11) is 0. The second-order valence-corrected chi connectivity index (χ2v) is 3.46. The molecule has 0 saturated carbocycles. The number of hydrogen-bond donors (Lipinski definition) is 1. The van der Waals surface area contributed by atoms with Crippen LogP contribution in [0.1, 0.15) is 11.1 Å². The lowest BCUT2D eigenvalue weighted by Gasteiger charge is -2.03. The molecule has 15 heavy (non-hydrogen) atoms. The lowest BCUT2D eigenvalue weighted by molar-refractivity contribution is -0.384. The second-order valence-electron chi connectivity index (χ2n) is 3.08. The minimum absolute atomic E-state index is 0.104. The molecule has 0 heterocycles. The van der Waals surface area contributed by atoms with Crippen molar-refractivity contribution in [2.24, 2.45) is 0 Å².